The number of aromatic amines is 1. The third kappa shape index (κ3) is 9.44. The Morgan fingerprint density at radius 3 is 2.67 bits per heavy atom. The number of nitrogens with zero attached hydrogens (tertiary/aromatic N) is 2. The quantitative estimate of drug-likeness (QED) is 0.169. The first-order valence-corrected chi connectivity index (χ1v) is 11.9. The normalized spacial score (nSPS) is 11.1. The van der Waals surface area contributed by atoms with Gasteiger partial charge in [0.25, 0.3) is 5.91 Å². The molecule has 0 spiro atoms. The summed E-state index contributed by atoms with van der Waals surface area (Å²) < 4.78 is 11.0. The molecule has 2 heterocycles. The number of nitrogens with one attached hydrogen (secondary N) is 3. The minimum atomic E-state index is -1.16. The lowest BCUT2D eigenvalue weighted by atomic mass is 10.1. The number of hydrogen-bond donors (Lipinski definition) is 4. The number of hydrogen-bond acceptors (Lipinski definition) is 7. The van der Waals surface area contributed by atoms with E-state index in [1.165, 1.54) is 0 Å². The molecule has 3 aromatic rings. The van der Waals surface area contributed by atoms with Gasteiger partial charge < -0.3 is 30.3 Å². The minimum Gasteiger partial charge on any atom is -0.493 e. The van der Waals surface area contributed by atoms with Crippen molar-refractivity contribution in [2.75, 3.05) is 18.5 Å². The van der Waals surface area contributed by atoms with E-state index in [4.69, 9.17) is 14.9 Å². The Balaban J connectivity index is 0.00000222. The topological polar surface area (TPSA) is 133 Å². The number of ether oxygens (including phenoxy) is 2. The fourth-order valence-corrected chi connectivity index (χ4v) is 2.98. The summed E-state index contributed by atoms with van der Waals surface area (Å²) in [5.41, 5.74) is 1.83. The number of aliphatic hydroxyl groups is 1. The summed E-state index contributed by atoms with van der Waals surface area (Å²) in [6, 6.07) is 12.5. The van der Waals surface area contributed by atoms with Crippen LogP contribution in [0.3, 0.4) is 0 Å². The fraction of sp³-hybridized carbons (Fsp3) is 0.333. The molecule has 0 atom stereocenters. The predicted octanol–water partition coefficient (Wildman–Crippen LogP) is 4.99. The summed E-state index contributed by atoms with van der Waals surface area (Å²) in [4.78, 5) is 23.9. The van der Waals surface area contributed by atoms with Crippen LogP contribution in [0.4, 0.5) is 5.82 Å². The van der Waals surface area contributed by atoms with Gasteiger partial charge >= 0.3 is 0 Å². The average molecular weight is 494 g/mol. The van der Waals surface area contributed by atoms with Gasteiger partial charge in [-0.1, -0.05) is 32.0 Å². The van der Waals surface area contributed by atoms with Crippen LogP contribution in [0.15, 0.2) is 54.7 Å². The molecular formula is C27H35N5O4. The highest BCUT2D eigenvalue weighted by Crippen LogP contribution is 2.16. The minimum absolute atomic E-state index is 0.265. The summed E-state index contributed by atoms with van der Waals surface area (Å²) in [5, 5.41) is 20.6. The molecule has 2 aromatic heterocycles. The highest BCUT2D eigenvalue weighted by Gasteiger charge is 2.15. The first-order chi connectivity index (χ1) is 17.2. The van der Waals surface area contributed by atoms with Crippen molar-refractivity contribution in [3.63, 3.8) is 0 Å². The SMILES string of the molecule is CC.Cc1[nH]c(/C=C\C(=N)c2cccc(OCCCOC(C)(C)O)c2)nc1C(=O)Nc1ccccn1. The second kappa shape index (κ2) is 13.9. The van der Waals surface area contributed by atoms with Gasteiger partial charge in [0.1, 0.15) is 23.1 Å². The van der Waals surface area contributed by atoms with E-state index in [-0.39, 0.29) is 17.3 Å². The first-order valence-electron chi connectivity index (χ1n) is 11.9. The zero-order valence-corrected chi connectivity index (χ0v) is 21.5. The van der Waals surface area contributed by atoms with E-state index in [0.29, 0.717) is 48.3 Å². The standard InChI is InChI=1S/C25H29N5O4.C2H6/c1-17-23(24(31)30-21-10-4-5-13-27-21)29-22(28-17)12-11-20(26)18-8-6-9-19(16-18)33-14-7-15-34-25(2,3)32;1-2/h4-6,8-13,16,26,32H,7,14-15H2,1-3H3,(H,28,29)(H,27,30,31);1-2H3/b12-11-,26-20?;. The molecular weight excluding hydrogens is 458 g/mol. The predicted molar refractivity (Wildman–Crippen MR) is 142 cm³/mol. The van der Waals surface area contributed by atoms with Crippen LogP contribution in [-0.2, 0) is 4.74 Å². The third-order valence-corrected chi connectivity index (χ3v) is 4.59. The second-order valence-corrected chi connectivity index (χ2v) is 8.04. The molecule has 0 aliphatic carbocycles. The Morgan fingerprint density at radius 1 is 1.19 bits per heavy atom. The van der Waals surface area contributed by atoms with E-state index in [2.05, 4.69) is 20.3 Å². The first kappa shape index (κ1) is 28.4. The van der Waals surface area contributed by atoms with E-state index in [1.54, 1.807) is 63.4 Å². The molecule has 0 aliphatic heterocycles. The number of H-pyrrole nitrogens is 1. The van der Waals surface area contributed by atoms with Crippen LogP contribution in [0, 0.1) is 12.3 Å². The monoisotopic (exact) mass is 493 g/mol. The van der Waals surface area contributed by atoms with Crippen LogP contribution in [0.2, 0.25) is 0 Å². The molecule has 1 aromatic carbocycles. The molecule has 0 unspecified atom stereocenters. The van der Waals surface area contributed by atoms with Crippen molar-refractivity contribution in [3.05, 3.63) is 77.5 Å². The smallest absolute Gasteiger partial charge is 0.277 e. The van der Waals surface area contributed by atoms with Gasteiger partial charge in [-0.05, 0) is 57.2 Å². The molecule has 0 radical (unpaired) electrons. The molecule has 0 saturated heterocycles. The van der Waals surface area contributed by atoms with Crippen LogP contribution in [-0.4, -0.2) is 50.7 Å². The van der Waals surface area contributed by atoms with E-state index in [0.717, 1.165) is 0 Å². The van der Waals surface area contributed by atoms with Gasteiger partial charge in [0.05, 0.1) is 18.9 Å². The van der Waals surface area contributed by atoms with Gasteiger partial charge in [-0.2, -0.15) is 0 Å². The average Bonchev–Trinajstić information content (AvgIpc) is 3.24. The van der Waals surface area contributed by atoms with Gasteiger partial charge in [0, 0.05) is 23.9 Å². The molecule has 1 amide bonds. The summed E-state index contributed by atoms with van der Waals surface area (Å²) >= 11 is 0. The molecule has 36 heavy (non-hydrogen) atoms. The largest absolute Gasteiger partial charge is 0.493 e. The second-order valence-electron chi connectivity index (χ2n) is 8.04. The maximum Gasteiger partial charge on any atom is 0.277 e. The third-order valence-electron chi connectivity index (χ3n) is 4.59. The Hall–Kier alpha value is -3.82. The van der Waals surface area contributed by atoms with Gasteiger partial charge in [-0.15, -0.1) is 0 Å². The number of imidazole rings is 1. The van der Waals surface area contributed by atoms with Crippen LogP contribution in [0.1, 0.15) is 61.7 Å². The van der Waals surface area contributed by atoms with E-state index < -0.39 is 5.79 Å². The van der Waals surface area contributed by atoms with Gasteiger partial charge in [-0.25, -0.2) is 9.97 Å². The molecule has 4 N–H and O–H groups in total. The van der Waals surface area contributed by atoms with Gasteiger partial charge in [-0.3, -0.25) is 4.79 Å². The van der Waals surface area contributed by atoms with Crippen molar-refractivity contribution in [3.8, 4) is 5.75 Å². The number of carbonyl (C=O) groups is 1. The van der Waals surface area contributed by atoms with Gasteiger partial charge in [0.15, 0.2) is 5.79 Å². The fourth-order valence-electron chi connectivity index (χ4n) is 2.98. The van der Waals surface area contributed by atoms with Crippen molar-refractivity contribution in [2.24, 2.45) is 0 Å². The maximum absolute atomic E-state index is 12.5. The van der Waals surface area contributed by atoms with Crippen molar-refractivity contribution >= 4 is 23.5 Å². The highest BCUT2D eigenvalue weighted by atomic mass is 16.6. The number of allylic oxidation sites excluding steroid dienone is 1. The zero-order chi connectivity index (χ0) is 26.6. The molecule has 192 valence electrons. The number of aromatic nitrogens is 3. The number of benzene rings is 1. The Morgan fingerprint density at radius 2 is 1.97 bits per heavy atom. The summed E-state index contributed by atoms with van der Waals surface area (Å²) in [5.74, 6) is 0.0341. The Labute approximate surface area is 212 Å². The number of aryl methyl sites for hydroxylation is 1. The van der Waals surface area contributed by atoms with Crippen LogP contribution in [0.25, 0.3) is 6.08 Å². The Bertz CT molecular complexity index is 1150. The van der Waals surface area contributed by atoms with E-state index >= 15 is 0 Å². The maximum atomic E-state index is 12.5. The Kier molecular flexibility index (Phi) is 11.0. The van der Waals surface area contributed by atoms with Crippen LogP contribution in [0.5, 0.6) is 5.75 Å². The molecule has 0 aliphatic rings. The molecule has 0 bridgehead atoms. The number of anilines is 1. The molecule has 3 rings (SSSR count). The van der Waals surface area contributed by atoms with E-state index in [1.807, 2.05) is 32.0 Å². The van der Waals surface area contributed by atoms with Crippen LogP contribution >= 0.6 is 0 Å². The number of carbonyl (C=O) groups excluding carboxylic acids is 1. The van der Waals surface area contributed by atoms with Gasteiger partial charge in [0.2, 0.25) is 0 Å². The van der Waals surface area contributed by atoms with E-state index in [9.17, 15) is 9.90 Å². The molecule has 9 heteroatoms. The summed E-state index contributed by atoms with van der Waals surface area (Å²) in [6.45, 7) is 9.73. The number of amides is 1. The summed E-state index contributed by atoms with van der Waals surface area (Å²) in [6.07, 6.45) is 5.47. The van der Waals surface area contributed by atoms with Crippen molar-refractivity contribution in [1.82, 2.24) is 15.0 Å². The van der Waals surface area contributed by atoms with Crippen molar-refractivity contribution in [1.29, 1.82) is 5.41 Å². The molecule has 9 nitrogen and oxygen atoms in total. The number of rotatable bonds is 11. The zero-order valence-electron chi connectivity index (χ0n) is 21.5. The van der Waals surface area contributed by atoms with Crippen molar-refractivity contribution in [2.45, 2.75) is 46.8 Å². The lowest BCUT2D eigenvalue weighted by Crippen LogP contribution is -2.24. The lowest BCUT2D eigenvalue weighted by Gasteiger charge is -2.18. The molecule has 0 saturated carbocycles. The van der Waals surface area contributed by atoms with Crippen LogP contribution < -0.4 is 10.1 Å². The number of pyridine rings is 1. The van der Waals surface area contributed by atoms with Crippen molar-refractivity contribution < 1.29 is 19.4 Å². The summed E-state index contributed by atoms with van der Waals surface area (Å²) in [7, 11) is 0. The molecule has 0 fully saturated rings. The lowest BCUT2D eigenvalue weighted by molar-refractivity contribution is -0.176. The highest BCUT2D eigenvalue weighted by molar-refractivity contribution is 6.09.